The van der Waals surface area contributed by atoms with Gasteiger partial charge in [-0.15, -0.1) is 0 Å². The highest BCUT2D eigenvalue weighted by atomic mass is 19.1. The molecule has 3 aromatic rings. The first-order chi connectivity index (χ1) is 12.5. The minimum atomic E-state index is -0.577. The van der Waals surface area contributed by atoms with Crippen LogP contribution in [-0.2, 0) is 7.05 Å². The van der Waals surface area contributed by atoms with Gasteiger partial charge in [0.25, 0.3) is 5.91 Å². The molecule has 0 radical (unpaired) electrons. The quantitative estimate of drug-likeness (QED) is 0.558. The van der Waals surface area contributed by atoms with E-state index in [-0.39, 0.29) is 11.3 Å². The molecule has 2 heterocycles. The SMILES string of the molecule is COc1ccc(-c2cc(C(=O)N/N=C\c3c(C)nn(C)c3F)no2)cc1. The number of halogens is 1. The lowest BCUT2D eigenvalue weighted by molar-refractivity contribution is 0.0946. The Morgan fingerprint density at radius 1 is 1.38 bits per heavy atom. The fourth-order valence-electron chi connectivity index (χ4n) is 2.28. The van der Waals surface area contributed by atoms with Gasteiger partial charge in [0.2, 0.25) is 5.95 Å². The second kappa shape index (κ2) is 7.18. The van der Waals surface area contributed by atoms with Crippen LogP contribution in [0, 0.1) is 12.9 Å². The van der Waals surface area contributed by atoms with Crippen molar-refractivity contribution in [1.29, 1.82) is 0 Å². The molecule has 26 heavy (non-hydrogen) atoms. The number of hydrogen-bond acceptors (Lipinski definition) is 6. The molecular weight excluding hydrogens is 341 g/mol. The predicted molar refractivity (Wildman–Crippen MR) is 91.5 cm³/mol. The number of hydrazone groups is 1. The molecule has 0 saturated carbocycles. The number of amides is 1. The van der Waals surface area contributed by atoms with Crippen molar-refractivity contribution in [1.82, 2.24) is 20.4 Å². The van der Waals surface area contributed by atoms with Crippen LogP contribution in [0.25, 0.3) is 11.3 Å². The average molecular weight is 357 g/mol. The molecule has 3 rings (SSSR count). The Bertz CT molecular complexity index is 959. The Balaban J connectivity index is 1.69. The van der Waals surface area contributed by atoms with Gasteiger partial charge in [0.05, 0.1) is 24.6 Å². The standard InChI is InChI=1S/C17H16FN5O3/c1-10-13(16(18)23(2)21-10)9-19-20-17(24)14-8-15(26-22-14)11-4-6-12(25-3)7-5-11/h4-9H,1-3H3,(H,20,24)/b19-9-. The number of rotatable bonds is 5. The van der Waals surface area contributed by atoms with E-state index in [1.165, 1.54) is 19.3 Å². The third kappa shape index (κ3) is 3.46. The molecule has 0 unspecified atom stereocenters. The van der Waals surface area contributed by atoms with Gasteiger partial charge < -0.3 is 9.26 Å². The average Bonchev–Trinajstić information content (AvgIpc) is 3.22. The number of aromatic nitrogens is 3. The van der Waals surface area contributed by atoms with Gasteiger partial charge >= 0.3 is 0 Å². The fraction of sp³-hybridized carbons (Fsp3) is 0.176. The van der Waals surface area contributed by atoms with E-state index in [1.54, 1.807) is 38.3 Å². The van der Waals surface area contributed by atoms with Crippen molar-refractivity contribution in [3.63, 3.8) is 0 Å². The first-order valence-corrected chi connectivity index (χ1v) is 7.63. The van der Waals surface area contributed by atoms with Crippen molar-refractivity contribution >= 4 is 12.1 Å². The summed E-state index contributed by atoms with van der Waals surface area (Å²) in [5.41, 5.74) is 3.74. The van der Waals surface area contributed by atoms with E-state index < -0.39 is 11.9 Å². The molecule has 8 nitrogen and oxygen atoms in total. The molecule has 0 fully saturated rings. The number of benzene rings is 1. The molecule has 134 valence electrons. The zero-order valence-corrected chi connectivity index (χ0v) is 14.4. The first kappa shape index (κ1) is 17.3. The van der Waals surface area contributed by atoms with Crippen LogP contribution < -0.4 is 10.2 Å². The summed E-state index contributed by atoms with van der Waals surface area (Å²) in [4.78, 5) is 12.1. The van der Waals surface area contributed by atoms with Crippen molar-refractivity contribution in [3.05, 3.63) is 53.2 Å². The lowest BCUT2D eigenvalue weighted by Crippen LogP contribution is -2.18. The number of hydrogen-bond donors (Lipinski definition) is 1. The summed E-state index contributed by atoms with van der Waals surface area (Å²) in [6.45, 7) is 1.64. The summed E-state index contributed by atoms with van der Waals surface area (Å²) in [6.07, 6.45) is 1.19. The minimum Gasteiger partial charge on any atom is -0.497 e. The van der Waals surface area contributed by atoms with Gasteiger partial charge in [-0.1, -0.05) is 5.16 Å². The summed E-state index contributed by atoms with van der Waals surface area (Å²) in [5, 5.41) is 11.4. The van der Waals surface area contributed by atoms with Crippen LogP contribution in [-0.4, -0.2) is 34.2 Å². The number of methoxy groups -OCH3 is 1. The van der Waals surface area contributed by atoms with Crippen LogP contribution in [0.5, 0.6) is 5.75 Å². The molecular formula is C17H16FN5O3. The molecule has 0 saturated heterocycles. The molecule has 9 heteroatoms. The van der Waals surface area contributed by atoms with Gasteiger partial charge in [-0.05, 0) is 31.2 Å². The third-order valence-electron chi connectivity index (χ3n) is 3.67. The van der Waals surface area contributed by atoms with Crippen LogP contribution in [0.2, 0.25) is 0 Å². The van der Waals surface area contributed by atoms with Crippen LogP contribution in [0.1, 0.15) is 21.7 Å². The fourth-order valence-corrected chi connectivity index (χ4v) is 2.28. The molecule has 1 aromatic carbocycles. The van der Waals surface area contributed by atoms with E-state index in [0.29, 0.717) is 17.2 Å². The predicted octanol–water partition coefficient (Wildman–Crippen LogP) is 2.30. The number of carbonyl (C=O) groups excluding carboxylic acids is 1. The van der Waals surface area contributed by atoms with Crippen LogP contribution >= 0.6 is 0 Å². The van der Waals surface area contributed by atoms with E-state index >= 15 is 0 Å². The molecule has 0 bridgehead atoms. The van der Waals surface area contributed by atoms with Crippen molar-refractivity contribution in [2.75, 3.05) is 7.11 Å². The maximum atomic E-state index is 13.8. The number of carbonyl (C=O) groups is 1. The van der Waals surface area contributed by atoms with Gasteiger partial charge in [0.15, 0.2) is 11.5 Å². The Morgan fingerprint density at radius 3 is 2.73 bits per heavy atom. The highest BCUT2D eigenvalue weighted by Gasteiger charge is 2.14. The zero-order valence-electron chi connectivity index (χ0n) is 14.4. The Labute approximate surface area is 148 Å². The smallest absolute Gasteiger partial charge is 0.293 e. The molecule has 1 N–H and O–H groups in total. The van der Waals surface area contributed by atoms with Crippen molar-refractivity contribution < 1.29 is 18.4 Å². The molecule has 0 aliphatic heterocycles. The summed E-state index contributed by atoms with van der Waals surface area (Å²) in [7, 11) is 3.06. The second-order valence-electron chi connectivity index (χ2n) is 5.42. The van der Waals surface area contributed by atoms with Crippen molar-refractivity contribution in [2.24, 2.45) is 12.1 Å². The first-order valence-electron chi connectivity index (χ1n) is 7.63. The van der Waals surface area contributed by atoms with Gasteiger partial charge in [-0.2, -0.15) is 14.6 Å². The van der Waals surface area contributed by atoms with Crippen LogP contribution in [0.4, 0.5) is 4.39 Å². The number of nitrogens with one attached hydrogen (secondary N) is 1. The maximum absolute atomic E-state index is 13.8. The van der Waals surface area contributed by atoms with E-state index in [4.69, 9.17) is 9.26 Å². The molecule has 2 aromatic heterocycles. The van der Waals surface area contributed by atoms with Crippen molar-refractivity contribution in [3.8, 4) is 17.1 Å². The lowest BCUT2D eigenvalue weighted by atomic mass is 10.1. The minimum absolute atomic E-state index is 0.0522. The van der Waals surface area contributed by atoms with E-state index in [2.05, 4.69) is 20.8 Å². The van der Waals surface area contributed by atoms with E-state index in [1.807, 2.05) is 0 Å². The number of ether oxygens (including phenoxy) is 1. The Morgan fingerprint density at radius 2 is 2.12 bits per heavy atom. The zero-order chi connectivity index (χ0) is 18.7. The highest BCUT2D eigenvalue weighted by molar-refractivity contribution is 5.94. The monoisotopic (exact) mass is 357 g/mol. The largest absolute Gasteiger partial charge is 0.497 e. The summed E-state index contributed by atoms with van der Waals surface area (Å²) in [6, 6.07) is 8.60. The van der Waals surface area contributed by atoms with Crippen LogP contribution in [0.3, 0.4) is 0 Å². The maximum Gasteiger partial charge on any atom is 0.293 e. The summed E-state index contributed by atoms with van der Waals surface area (Å²) in [5.74, 6) is 0.0184. The molecule has 1 amide bonds. The number of nitrogens with zero attached hydrogens (tertiary/aromatic N) is 4. The summed E-state index contributed by atoms with van der Waals surface area (Å²) < 4.78 is 25.1. The molecule has 0 spiro atoms. The summed E-state index contributed by atoms with van der Waals surface area (Å²) >= 11 is 0. The second-order valence-corrected chi connectivity index (χ2v) is 5.42. The van der Waals surface area contributed by atoms with Gasteiger partial charge in [0, 0.05) is 18.7 Å². The van der Waals surface area contributed by atoms with Crippen molar-refractivity contribution in [2.45, 2.75) is 6.92 Å². The van der Waals surface area contributed by atoms with Gasteiger partial charge in [-0.3, -0.25) is 4.79 Å². The normalized spacial score (nSPS) is 11.1. The molecule has 0 atom stereocenters. The van der Waals surface area contributed by atoms with E-state index in [0.717, 1.165) is 10.2 Å². The highest BCUT2D eigenvalue weighted by Crippen LogP contribution is 2.23. The van der Waals surface area contributed by atoms with Gasteiger partial charge in [0.1, 0.15) is 5.75 Å². The Hall–Kier alpha value is -3.49. The number of aryl methyl sites for hydroxylation is 2. The lowest BCUT2D eigenvalue weighted by Gasteiger charge is -1.99. The molecule has 0 aliphatic rings. The van der Waals surface area contributed by atoms with Crippen LogP contribution in [0.15, 0.2) is 40.0 Å². The third-order valence-corrected chi connectivity index (χ3v) is 3.67. The molecule has 0 aliphatic carbocycles. The Kier molecular flexibility index (Phi) is 4.78. The van der Waals surface area contributed by atoms with Gasteiger partial charge in [-0.25, -0.2) is 10.1 Å². The topological polar surface area (TPSA) is 94.5 Å². The van der Waals surface area contributed by atoms with E-state index in [9.17, 15) is 9.18 Å².